The highest BCUT2D eigenvalue weighted by Crippen LogP contribution is 2.28. The van der Waals surface area contributed by atoms with Crippen LogP contribution in [0.3, 0.4) is 0 Å². The quantitative estimate of drug-likeness (QED) is 0.877. The van der Waals surface area contributed by atoms with E-state index in [0.29, 0.717) is 17.1 Å². The Balaban J connectivity index is 0.00000162. The zero-order valence-electron chi connectivity index (χ0n) is 9.71. The zero-order valence-corrected chi connectivity index (χ0v) is 12.9. The fourth-order valence-electron chi connectivity index (χ4n) is 1.80. The van der Waals surface area contributed by atoms with Gasteiger partial charge in [-0.1, -0.05) is 11.6 Å². The molecule has 3 N–H and O–H groups in total. The van der Waals surface area contributed by atoms with Crippen LogP contribution in [0.1, 0.15) is 29.6 Å². The van der Waals surface area contributed by atoms with E-state index < -0.39 is 0 Å². The van der Waals surface area contributed by atoms with E-state index in [1.165, 1.54) is 0 Å². The van der Waals surface area contributed by atoms with Crippen molar-refractivity contribution in [1.82, 2.24) is 5.32 Å². The molecule has 3 nitrogen and oxygen atoms in total. The molecule has 0 heterocycles. The summed E-state index contributed by atoms with van der Waals surface area (Å²) in [6, 6.07) is 5.14. The highest BCUT2D eigenvalue weighted by Gasteiger charge is 2.32. The molecule has 1 aliphatic carbocycles. The van der Waals surface area contributed by atoms with Gasteiger partial charge in [0.05, 0.1) is 5.02 Å². The van der Waals surface area contributed by atoms with Crippen LogP contribution < -0.4 is 11.1 Å². The summed E-state index contributed by atoms with van der Waals surface area (Å²) in [6.45, 7) is 0.527. The summed E-state index contributed by atoms with van der Waals surface area (Å²) in [6.07, 6.45) is 3.11. The summed E-state index contributed by atoms with van der Waals surface area (Å²) in [4.78, 5) is 11.9. The molecule has 1 aliphatic rings. The minimum Gasteiger partial charge on any atom is -0.350 e. The number of carbonyl (C=O) groups excluding carboxylic acids is 1. The van der Waals surface area contributed by atoms with Crippen LogP contribution in [0.25, 0.3) is 0 Å². The highest BCUT2D eigenvalue weighted by atomic mass is 79.9. The van der Waals surface area contributed by atoms with Crippen molar-refractivity contribution in [2.75, 3.05) is 6.54 Å². The monoisotopic (exact) mass is 352 g/mol. The predicted octanol–water partition coefficient (Wildman–Crippen LogP) is 3.14. The number of hydrogen-bond donors (Lipinski definition) is 2. The van der Waals surface area contributed by atoms with Crippen molar-refractivity contribution in [3.63, 3.8) is 0 Å². The van der Waals surface area contributed by atoms with Crippen molar-refractivity contribution in [1.29, 1.82) is 0 Å². The van der Waals surface area contributed by atoms with E-state index in [1.807, 2.05) is 0 Å². The Hall–Kier alpha value is -0.290. The first-order valence-corrected chi connectivity index (χ1v) is 6.69. The van der Waals surface area contributed by atoms with E-state index in [1.54, 1.807) is 18.2 Å². The summed E-state index contributed by atoms with van der Waals surface area (Å²) in [7, 11) is 0. The molecule has 0 atom stereocenters. The summed E-state index contributed by atoms with van der Waals surface area (Å²) in [5, 5.41) is 3.38. The fourth-order valence-corrected chi connectivity index (χ4v) is 2.23. The topological polar surface area (TPSA) is 55.1 Å². The molecule has 0 aromatic heterocycles. The minimum absolute atomic E-state index is 0. The maximum Gasteiger partial charge on any atom is 0.251 e. The standard InChI is InChI=1S/C12H14BrClN2O.ClH/c13-9-3-2-8(6-10(9)14)11(17)16-7-12(15)4-1-5-12;/h2-3,6H,1,4-5,7,15H2,(H,16,17);1H. The Morgan fingerprint density at radius 2 is 2.17 bits per heavy atom. The van der Waals surface area contributed by atoms with Gasteiger partial charge in [-0.2, -0.15) is 0 Å². The van der Waals surface area contributed by atoms with Gasteiger partial charge in [-0.3, -0.25) is 4.79 Å². The molecule has 0 bridgehead atoms. The van der Waals surface area contributed by atoms with Crippen LogP contribution in [0.4, 0.5) is 0 Å². The fraction of sp³-hybridized carbons (Fsp3) is 0.417. The van der Waals surface area contributed by atoms with Crippen molar-refractivity contribution >= 4 is 45.8 Å². The molecule has 2 rings (SSSR count). The molecule has 0 radical (unpaired) electrons. The van der Waals surface area contributed by atoms with Gasteiger partial charge in [-0.15, -0.1) is 12.4 Å². The second-order valence-corrected chi connectivity index (χ2v) is 5.79. The number of carbonyl (C=O) groups is 1. The molecule has 1 aromatic rings. The summed E-state index contributed by atoms with van der Waals surface area (Å²) >= 11 is 9.22. The Kier molecular flexibility index (Phi) is 5.46. The third-order valence-corrected chi connectivity index (χ3v) is 4.36. The molecule has 1 fully saturated rings. The average Bonchev–Trinajstić information content (AvgIpc) is 2.27. The number of nitrogens with two attached hydrogens (primary N) is 1. The van der Waals surface area contributed by atoms with Gasteiger partial charge in [0.25, 0.3) is 5.91 Å². The molecule has 100 valence electrons. The van der Waals surface area contributed by atoms with E-state index in [9.17, 15) is 4.79 Å². The lowest BCUT2D eigenvalue weighted by Crippen LogP contribution is -2.54. The van der Waals surface area contributed by atoms with Crippen molar-refractivity contribution in [2.45, 2.75) is 24.8 Å². The molecule has 0 spiro atoms. The minimum atomic E-state index is -0.200. The Morgan fingerprint density at radius 3 is 2.67 bits per heavy atom. The number of hydrogen-bond acceptors (Lipinski definition) is 2. The molecule has 18 heavy (non-hydrogen) atoms. The maximum atomic E-state index is 11.9. The third-order valence-electron chi connectivity index (χ3n) is 3.13. The first-order chi connectivity index (χ1) is 8.00. The summed E-state index contributed by atoms with van der Waals surface area (Å²) in [5.74, 6) is -0.129. The van der Waals surface area contributed by atoms with Crippen LogP contribution in [0.5, 0.6) is 0 Å². The lowest BCUT2D eigenvalue weighted by molar-refractivity contribution is 0.0930. The van der Waals surface area contributed by atoms with E-state index >= 15 is 0 Å². The number of benzene rings is 1. The van der Waals surface area contributed by atoms with Gasteiger partial charge in [0.2, 0.25) is 0 Å². The van der Waals surface area contributed by atoms with E-state index in [0.717, 1.165) is 23.7 Å². The molecule has 0 unspecified atom stereocenters. The molecule has 1 saturated carbocycles. The van der Waals surface area contributed by atoms with Crippen LogP contribution in [-0.4, -0.2) is 18.0 Å². The lowest BCUT2D eigenvalue weighted by Gasteiger charge is -2.38. The first kappa shape index (κ1) is 15.8. The van der Waals surface area contributed by atoms with Gasteiger partial charge in [-0.25, -0.2) is 0 Å². The highest BCUT2D eigenvalue weighted by molar-refractivity contribution is 9.10. The third kappa shape index (κ3) is 3.60. The van der Waals surface area contributed by atoms with E-state index in [-0.39, 0.29) is 23.9 Å². The van der Waals surface area contributed by atoms with Gasteiger partial charge >= 0.3 is 0 Å². The summed E-state index contributed by atoms with van der Waals surface area (Å²) < 4.78 is 0.782. The van der Waals surface area contributed by atoms with Crippen LogP contribution in [0.2, 0.25) is 5.02 Å². The van der Waals surface area contributed by atoms with Gasteiger partial charge in [0.15, 0.2) is 0 Å². The second kappa shape index (κ2) is 6.24. The Labute approximate surface area is 126 Å². The van der Waals surface area contributed by atoms with Gasteiger partial charge < -0.3 is 11.1 Å². The van der Waals surface area contributed by atoms with Crippen molar-refractivity contribution < 1.29 is 4.79 Å². The Bertz CT molecular complexity index is 450. The molecule has 1 amide bonds. The van der Waals surface area contributed by atoms with Gasteiger partial charge in [0.1, 0.15) is 0 Å². The molecular weight excluding hydrogens is 339 g/mol. The van der Waals surface area contributed by atoms with Crippen LogP contribution in [-0.2, 0) is 0 Å². The number of rotatable bonds is 3. The Morgan fingerprint density at radius 1 is 1.50 bits per heavy atom. The molecule has 0 saturated heterocycles. The first-order valence-electron chi connectivity index (χ1n) is 5.52. The SMILES string of the molecule is Cl.NC1(CNC(=O)c2ccc(Br)c(Cl)c2)CCC1. The summed E-state index contributed by atoms with van der Waals surface area (Å²) in [5.41, 5.74) is 6.39. The van der Waals surface area contributed by atoms with Gasteiger partial charge in [-0.05, 0) is 53.4 Å². The maximum absolute atomic E-state index is 11.9. The lowest BCUT2D eigenvalue weighted by atomic mass is 9.78. The largest absolute Gasteiger partial charge is 0.350 e. The molecule has 1 aromatic carbocycles. The normalized spacial score (nSPS) is 16.4. The van der Waals surface area contributed by atoms with Crippen LogP contribution in [0, 0.1) is 0 Å². The second-order valence-electron chi connectivity index (χ2n) is 4.53. The molecule has 6 heteroatoms. The molecular formula is C12H15BrCl2N2O. The van der Waals surface area contributed by atoms with E-state index in [4.69, 9.17) is 17.3 Å². The van der Waals surface area contributed by atoms with Gasteiger partial charge in [0, 0.05) is 22.1 Å². The number of nitrogens with one attached hydrogen (secondary N) is 1. The predicted molar refractivity (Wildman–Crippen MR) is 79.5 cm³/mol. The van der Waals surface area contributed by atoms with Crippen molar-refractivity contribution in [3.05, 3.63) is 33.3 Å². The average molecular weight is 354 g/mol. The van der Waals surface area contributed by atoms with Crippen molar-refractivity contribution in [2.24, 2.45) is 5.73 Å². The van der Waals surface area contributed by atoms with Crippen molar-refractivity contribution in [3.8, 4) is 0 Å². The number of amides is 1. The van der Waals surface area contributed by atoms with E-state index in [2.05, 4.69) is 21.2 Å². The number of halogens is 3. The van der Waals surface area contributed by atoms with Crippen LogP contribution >= 0.6 is 39.9 Å². The van der Waals surface area contributed by atoms with Crippen LogP contribution in [0.15, 0.2) is 22.7 Å². The smallest absolute Gasteiger partial charge is 0.251 e. The molecule has 0 aliphatic heterocycles. The zero-order chi connectivity index (χ0) is 12.5.